The zero-order chi connectivity index (χ0) is 17.0. The number of rotatable bonds is 6. The Morgan fingerprint density at radius 3 is 2.50 bits per heavy atom. The number of benzene rings is 1. The number of carbonyl (C=O) groups is 1. The lowest BCUT2D eigenvalue weighted by Gasteiger charge is -2.38. The van der Waals surface area contributed by atoms with Gasteiger partial charge in [-0.3, -0.25) is 4.79 Å². The van der Waals surface area contributed by atoms with Gasteiger partial charge in [-0.2, -0.15) is 0 Å². The van der Waals surface area contributed by atoms with Crippen molar-refractivity contribution < 1.29 is 14.3 Å². The Labute approximate surface area is 144 Å². The van der Waals surface area contributed by atoms with Crippen LogP contribution in [0.4, 0.5) is 0 Å². The zero-order valence-electron chi connectivity index (χ0n) is 14.7. The van der Waals surface area contributed by atoms with Crippen LogP contribution in [-0.4, -0.2) is 42.8 Å². The monoisotopic (exact) mass is 332 g/mol. The summed E-state index contributed by atoms with van der Waals surface area (Å²) in [6.07, 6.45) is 3.64. The van der Waals surface area contributed by atoms with Crippen LogP contribution in [0.25, 0.3) is 0 Å². The highest BCUT2D eigenvalue weighted by atomic mass is 16.7. The molecule has 0 bridgehead atoms. The molecule has 5 nitrogen and oxygen atoms in total. The summed E-state index contributed by atoms with van der Waals surface area (Å²) in [6.45, 7) is 7.82. The first-order valence-corrected chi connectivity index (χ1v) is 9.15. The molecule has 1 aliphatic carbocycles. The molecule has 0 radical (unpaired) electrons. The third-order valence-electron chi connectivity index (χ3n) is 5.15. The molecular weight excluding hydrogens is 304 g/mol. The van der Waals surface area contributed by atoms with E-state index in [9.17, 15) is 4.79 Å². The predicted octanol–water partition coefficient (Wildman–Crippen LogP) is 2.80. The number of nitrogens with zero attached hydrogens (tertiary/aromatic N) is 1. The van der Waals surface area contributed by atoms with Gasteiger partial charge in [-0.25, -0.2) is 0 Å². The lowest BCUT2D eigenvalue weighted by molar-refractivity contribution is -0.166. The lowest BCUT2D eigenvalue weighted by atomic mass is 9.82. The van der Waals surface area contributed by atoms with Crippen molar-refractivity contribution in [2.45, 2.75) is 45.3 Å². The third kappa shape index (κ3) is 3.36. The first kappa shape index (κ1) is 17.1. The Hall–Kier alpha value is -1.75. The van der Waals surface area contributed by atoms with Gasteiger partial charge >= 0.3 is 0 Å². The van der Waals surface area contributed by atoms with Gasteiger partial charge < -0.3 is 19.7 Å². The molecule has 0 aromatic heterocycles. The van der Waals surface area contributed by atoms with Gasteiger partial charge in [-0.1, -0.05) is 32.4 Å². The van der Waals surface area contributed by atoms with Gasteiger partial charge in [0.05, 0.1) is 0 Å². The molecule has 24 heavy (non-hydrogen) atoms. The summed E-state index contributed by atoms with van der Waals surface area (Å²) in [5.74, 6) is 0.479. The minimum absolute atomic E-state index is 0.0506. The molecule has 1 N–H and O–H groups in total. The molecule has 5 heteroatoms. The van der Waals surface area contributed by atoms with Crippen LogP contribution in [0.2, 0.25) is 0 Å². The van der Waals surface area contributed by atoms with Gasteiger partial charge in [0.25, 0.3) is 5.79 Å². The maximum absolute atomic E-state index is 12.8. The molecule has 1 heterocycles. The SMILES string of the molecule is CCN(CC)CCNC(=O)C1CCCCC12Oc1ccccc1O2. The van der Waals surface area contributed by atoms with Crippen LogP contribution in [0, 0.1) is 5.92 Å². The highest BCUT2D eigenvalue weighted by molar-refractivity contribution is 5.80. The van der Waals surface area contributed by atoms with Crippen molar-refractivity contribution in [3.8, 4) is 11.5 Å². The van der Waals surface area contributed by atoms with E-state index < -0.39 is 5.79 Å². The van der Waals surface area contributed by atoms with Crippen LogP contribution in [0.3, 0.4) is 0 Å². The van der Waals surface area contributed by atoms with Crippen LogP contribution in [0.1, 0.15) is 39.5 Å². The molecule has 1 amide bonds. The average Bonchev–Trinajstić information content (AvgIpc) is 2.97. The summed E-state index contributed by atoms with van der Waals surface area (Å²) < 4.78 is 12.3. The largest absolute Gasteiger partial charge is 0.448 e. The fourth-order valence-corrected chi connectivity index (χ4v) is 3.70. The molecular formula is C19H28N2O3. The van der Waals surface area contributed by atoms with Crippen LogP contribution in [0.15, 0.2) is 24.3 Å². The highest BCUT2D eigenvalue weighted by Crippen LogP contribution is 2.47. The van der Waals surface area contributed by atoms with Crippen LogP contribution in [0.5, 0.6) is 11.5 Å². The van der Waals surface area contributed by atoms with E-state index in [0.717, 1.165) is 56.8 Å². The van der Waals surface area contributed by atoms with Crippen LogP contribution < -0.4 is 14.8 Å². The van der Waals surface area contributed by atoms with Gasteiger partial charge in [-0.15, -0.1) is 0 Å². The van der Waals surface area contributed by atoms with Crippen molar-refractivity contribution in [3.63, 3.8) is 0 Å². The first-order chi connectivity index (χ1) is 11.7. The number of para-hydroxylation sites is 2. The molecule has 1 aromatic carbocycles. The van der Waals surface area contributed by atoms with E-state index in [2.05, 4.69) is 24.1 Å². The highest BCUT2D eigenvalue weighted by Gasteiger charge is 2.52. The zero-order valence-corrected chi connectivity index (χ0v) is 14.7. The number of fused-ring (bicyclic) bond motifs is 1. The number of hydrogen-bond acceptors (Lipinski definition) is 4. The van der Waals surface area contributed by atoms with Crippen molar-refractivity contribution in [1.29, 1.82) is 0 Å². The molecule has 0 saturated heterocycles. The van der Waals surface area contributed by atoms with Gasteiger partial charge in [0.15, 0.2) is 11.5 Å². The summed E-state index contributed by atoms with van der Waals surface area (Å²) in [4.78, 5) is 15.1. The lowest BCUT2D eigenvalue weighted by Crippen LogP contribution is -2.54. The quantitative estimate of drug-likeness (QED) is 0.870. The van der Waals surface area contributed by atoms with Gasteiger partial charge in [-0.05, 0) is 38.1 Å². The predicted molar refractivity (Wildman–Crippen MR) is 93.2 cm³/mol. The molecule has 1 aromatic rings. The molecule has 1 unspecified atom stereocenters. The Morgan fingerprint density at radius 2 is 1.88 bits per heavy atom. The number of carbonyl (C=O) groups excluding carboxylic acids is 1. The van der Waals surface area contributed by atoms with E-state index in [4.69, 9.17) is 9.47 Å². The molecule has 1 saturated carbocycles. The van der Waals surface area contributed by atoms with Crippen LogP contribution >= 0.6 is 0 Å². The van der Waals surface area contributed by atoms with Gasteiger partial charge in [0, 0.05) is 19.5 Å². The maximum atomic E-state index is 12.8. The molecule has 132 valence electrons. The van der Waals surface area contributed by atoms with E-state index >= 15 is 0 Å². The van der Waals surface area contributed by atoms with Crippen molar-refractivity contribution in [2.75, 3.05) is 26.2 Å². The topological polar surface area (TPSA) is 50.8 Å². The van der Waals surface area contributed by atoms with Crippen LogP contribution in [-0.2, 0) is 4.79 Å². The van der Waals surface area contributed by atoms with E-state index in [0.29, 0.717) is 6.54 Å². The third-order valence-corrected chi connectivity index (χ3v) is 5.15. The van der Waals surface area contributed by atoms with Crippen molar-refractivity contribution >= 4 is 5.91 Å². The van der Waals surface area contributed by atoms with Gasteiger partial charge in [0.1, 0.15) is 5.92 Å². The molecule has 1 fully saturated rings. The minimum Gasteiger partial charge on any atom is -0.448 e. The Bertz CT molecular complexity index is 546. The summed E-state index contributed by atoms with van der Waals surface area (Å²) in [5.41, 5.74) is 0. The fourth-order valence-electron chi connectivity index (χ4n) is 3.70. The van der Waals surface area contributed by atoms with E-state index in [1.165, 1.54) is 0 Å². The van der Waals surface area contributed by atoms with Crippen molar-refractivity contribution in [3.05, 3.63) is 24.3 Å². The Kier molecular flexibility index (Phi) is 5.29. The summed E-state index contributed by atoms with van der Waals surface area (Å²) in [6, 6.07) is 7.69. The number of likely N-dealkylation sites (N-methyl/N-ethyl adjacent to an activating group) is 1. The number of nitrogens with one attached hydrogen (secondary N) is 1. The van der Waals surface area contributed by atoms with Crippen molar-refractivity contribution in [2.24, 2.45) is 5.92 Å². The Balaban J connectivity index is 1.64. The standard InChI is InChI=1S/C19H28N2O3/c1-3-21(4-2)14-13-20-18(22)15-9-7-8-12-19(15)23-16-10-5-6-11-17(16)24-19/h5-6,10-11,15H,3-4,7-9,12-14H2,1-2H3,(H,20,22). The summed E-state index contributed by atoms with van der Waals surface area (Å²) in [5, 5.41) is 3.09. The summed E-state index contributed by atoms with van der Waals surface area (Å²) >= 11 is 0. The number of hydrogen-bond donors (Lipinski definition) is 1. The maximum Gasteiger partial charge on any atom is 0.263 e. The molecule has 3 rings (SSSR count). The smallest absolute Gasteiger partial charge is 0.263 e. The Morgan fingerprint density at radius 1 is 1.21 bits per heavy atom. The average molecular weight is 332 g/mol. The van der Waals surface area contributed by atoms with E-state index in [1.807, 2.05) is 24.3 Å². The summed E-state index contributed by atoms with van der Waals surface area (Å²) in [7, 11) is 0. The second-order valence-corrected chi connectivity index (χ2v) is 6.58. The molecule has 1 spiro atoms. The molecule has 1 atom stereocenters. The van der Waals surface area contributed by atoms with E-state index in [1.54, 1.807) is 0 Å². The van der Waals surface area contributed by atoms with E-state index in [-0.39, 0.29) is 11.8 Å². The normalized spacial score (nSPS) is 21.2. The fraction of sp³-hybridized carbons (Fsp3) is 0.632. The second-order valence-electron chi connectivity index (χ2n) is 6.58. The number of amides is 1. The first-order valence-electron chi connectivity index (χ1n) is 9.15. The molecule has 1 aliphatic heterocycles. The van der Waals surface area contributed by atoms with Crippen molar-refractivity contribution in [1.82, 2.24) is 10.2 Å². The second kappa shape index (κ2) is 7.43. The minimum atomic E-state index is -0.818. The molecule has 2 aliphatic rings. The van der Waals surface area contributed by atoms with Gasteiger partial charge in [0.2, 0.25) is 5.91 Å². The number of ether oxygens (including phenoxy) is 2.